The van der Waals surface area contributed by atoms with Crippen LogP contribution >= 0.6 is 0 Å². The highest BCUT2D eigenvalue weighted by Gasteiger charge is 2.15. The SMILES string of the molecule is CC(C)=CCOc1ccc2c(C)c(CCC(=O)[O-])c(=O)oc2c1C. The molecule has 1 heterocycles. The first kappa shape index (κ1) is 17.8. The van der Waals surface area contributed by atoms with E-state index >= 15 is 0 Å². The van der Waals surface area contributed by atoms with Gasteiger partial charge in [-0.2, -0.15) is 0 Å². The molecule has 0 unspecified atom stereocenters. The lowest BCUT2D eigenvalue weighted by atomic mass is 10.0. The predicted octanol–water partition coefficient (Wildman–Crippen LogP) is 2.44. The van der Waals surface area contributed by atoms with Crippen molar-refractivity contribution >= 4 is 16.9 Å². The second kappa shape index (κ2) is 7.34. The van der Waals surface area contributed by atoms with Gasteiger partial charge in [0.2, 0.25) is 0 Å². The lowest BCUT2D eigenvalue weighted by Crippen LogP contribution is -2.24. The first-order valence-electron chi connectivity index (χ1n) is 7.83. The monoisotopic (exact) mass is 329 g/mol. The zero-order chi connectivity index (χ0) is 17.9. The molecule has 5 heteroatoms. The third-order valence-electron chi connectivity index (χ3n) is 3.96. The fourth-order valence-corrected chi connectivity index (χ4v) is 2.54. The van der Waals surface area contributed by atoms with Gasteiger partial charge in [0.25, 0.3) is 0 Å². The fraction of sp³-hybridized carbons (Fsp3) is 0.368. The average molecular weight is 329 g/mol. The van der Waals surface area contributed by atoms with E-state index in [1.165, 1.54) is 0 Å². The molecular weight excluding hydrogens is 308 g/mol. The summed E-state index contributed by atoms with van der Waals surface area (Å²) in [6.45, 7) is 8.07. The summed E-state index contributed by atoms with van der Waals surface area (Å²) in [4.78, 5) is 22.8. The first-order valence-corrected chi connectivity index (χ1v) is 7.83. The zero-order valence-electron chi connectivity index (χ0n) is 14.4. The number of rotatable bonds is 6. The number of ether oxygens (including phenoxy) is 1. The highest BCUT2D eigenvalue weighted by atomic mass is 16.5. The van der Waals surface area contributed by atoms with E-state index in [1.807, 2.05) is 39.0 Å². The number of aliphatic carboxylic acids is 1. The van der Waals surface area contributed by atoms with Gasteiger partial charge >= 0.3 is 5.63 Å². The molecule has 2 aromatic rings. The molecule has 0 aliphatic rings. The Kier molecular flexibility index (Phi) is 5.44. The van der Waals surface area contributed by atoms with Crippen LogP contribution in [0.3, 0.4) is 0 Å². The maximum Gasteiger partial charge on any atom is 0.339 e. The van der Waals surface area contributed by atoms with Crippen LogP contribution in [-0.2, 0) is 11.2 Å². The molecule has 0 N–H and O–H groups in total. The summed E-state index contributed by atoms with van der Waals surface area (Å²) >= 11 is 0. The van der Waals surface area contributed by atoms with Crippen LogP contribution in [0.5, 0.6) is 5.75 Å². The van der Waals surface area contributed by atoms with Crippen molar-refractivity contribution in [3.63, 3.8) is 0 Å². The molecular formula is C19H21O5-. The van der Waals surface area contributed by atoms with Crippen LogP contribution in [0.1, 0.15) is 37.0 Å². The Morgan fingerprint density at radius 2 is 1.96 bits per heavy atom. The van der Waals surface area contributed by atoms with Crippen LogP contribution in [0.15, 0.2) is 33.0 Å². The number of benzene rings is 1. The molecule has 0 amide bonds. The van der Waals surface area contributed by atoms with Gasteiger partial charge in [-0.1, -0.05) is 5.57 Å². The normalized spacial score (nSPS) is 10.7. The second-order valence-electron chi connectivity index (χ2n) is 6.02. The van der Waals surface area contributed by atoms with Gasteiger partial charge in [-0.05, 0) is 64.3 Å². The maximum atomic E-state index is 12.2. The Morgan fingerprint density at radius 3 is 2.58 bits per heavy atom. The number of hydrogen-bond donors (Lipinski definition) is 0. The summed E-state index contributed by atoms with van der Waals surface area (Å²) in [5.74, 6) is -0.530. The van der Waals surface area contributed by atoms with E-state index in [1.54, 1.807) is 6.92 Å². The topological polar surface area (TPSA) is 79.6 Å². The molecule has 1 aromatic carbocycles. The van der Waals surface area contributed by atoms with Crippen molar-refractivity contribution in [2.75, 3.05) is 6.61 Å². The van der Waals surface area contributed by atoms with Crippen molar-refractivity contribution in [1.29, 1.82) is 0 Å². The Morgan fingerprint density at radius 1 is 1.25 bits per heavy atom. The Bertz CT molecular complexity index is 854. The summed E-state index contributed by atoms with van der Waals surface area (Å²) in [5.41, 5.74) is 3.00. The molecule has 0 radical (unpaired) electrons. The average Bonchev–Trinajstić information content (AvgIpc) is 2.49. The summed E-state index contributed by atoms with van der Waals surface area (Å²) in [6, 6.07) is 3.67. The zero-order valence-corrected chi connectivity index (χ0v) is 14.4. The molecule has 5 nitrogen and oxygen atoms in total. The van der Waals surface area contributed by atoms with Crippen LogP contribution in [-0.4, -0.2) is 12.6 Å². The fourth-order valence-electron chi connectivity index (χ4n) is 2.54. The molecule has 0 aliphatic heterocycles. The molecule has 24 heavy (non-hydrogen) atoms. The number of carbonyl (C=O) groups excluding carboxylic acids is 1. The number of aryl methyl sites for hydroxylation is 2. The molecule has 1 aromatic heterocycles. The van der Waals surface area contributed by atoms with Gasteiger partial charge in [-0.15, -0.1) is 0 Å². The first-order chi connectivity index (χ1) is 11.3. The smallest absolute Gasteiger partial charge is 0.339 e. The van der Waals surface area contributed by atoms with Crippen molar-refractivity contribution in [2.24, 2.45) is 0 Å². The summed E-state index contributed by atoms with van der Waals surface area (Å²) < 4.78 is 11.2. The summed E-state index contributed by atoms with van der Waals surface area (Å²) in [7, 11) is 0. The second-order valence-corrected chi connectivity index (χ2v) is 6.02. The summed E-state index contributed by atoms with van der Waals surface area (Å²) in [6.07, 6.45) is 1.86. The number of allylic oxidation sites excluding steroid dienone is 1. The van der Waals surface area contributed by atoms with Crippen molar-refractivity contribution in [1.82, 2.24) is 0 Å². The van der Waals surface area contributed by atoms with Crippen molar-refractivity contribution in [3.05, 3.63) is 50.9 Å². The molecule has 0 atom stereocenters. The van der Waals surface area contributed by atoms with Gasteiger partial charge in [0.1, 0.15) is 17.9 Å². The van der Waals surface area contributed by atoms with Gasteiger partial charge in [-0.25, -0.2) is 4.79 Å². The van der Waals surface area contributed by atoms with Gasteiger partial charge in [0, 0.05) is 22.5 Å². The van der Waals surface area contributed by atoms with Gasteiger partial charge in [0.05, 0.1) is 0 Å². The van der Waals surface area contributed by atoms with Gasteiger partial charge < -0.3 is 19.1 Å². The van der Waals surface area contributed by atoms with E-state index < -0.39 is 11.6 Å². The molecule has 0 bridgehead atoms. The van der Waals surface area contributed by atoms with Gasteiger partial charge in [-0.3, -0.25) is 0 Å². The van der Waals surface area contributed by atoms with E-state index in [0.29, 0.717) is 23.5 Å². The summed E-state index contributed by atoms with van der Waals surface area (Å²) in [5, 5.41) is 11.4. The van der Waals surface area contributed by atoms with E-state index in [9.17, 15) is 14.7 Å². The number of fused-ring (bicyclic) bond motifs is 1. The third kappa shape index (κ3) is 3.85. The molecule has 0 spiro atoms. The standard InChI is InChI=1S/C19H22O5/c1-11(2)9-10-23-16-7-5-14-12(3)15(6-8-17(20)21)19(22)24-18(14)13(16)4/h5,7,9H,6,8,10H2,1-4H3,(H,20,21)/p-1. The minimum atomic E-state index is -1.19. The largest absolute Gasteiger partial charge is 0.550 e. The Labute approximate surface area is 140 Å². The third-order valence-corrected chi connectivity index (χ3v) is 3.96. The predicted molar refractivity (Wildman–Crippen MR) is 90.2 cm³/mol. The highest BCUT2D eigenvalue weighted by molar-refractivity contribution is 5.85. The minimum Gasteiger partial charge on any atom is -0.550 e. The number of carboxylic acids is 1. The highest BCUT2D eigenvalue weighted by Crippen LogP contribution is 2.29. The molecule has 128 valence electrons. The minimum absolute atomic E-state index is 0.101. The van der Waals surface area contributed by atoms with Crippen molar-refractivity contribution in [2.45, 2.75) is 40.5 Å². The van der Waals surface area contributed by atoms with Crippen molar-refractivity contribution in [3.8, 4) is 5.75 Å². The van der Waals surface area contributed by atoms with Crippen LogP contribution in [0.4, 0.5) is 0 Å². The quantitative estimate of drug-likeness (QED) is 0.601. The Balaban J connectivity index is 2.45. The van der Waals surface area contributed by atoms with Crippen LogP contribution in [0, 0.1) is 13.8 Å². The lowest BCUT2D eigenvalue weighted by molar-refractivity contribution is -0.305. The molecule has 0 aliphatic carbocycles. The van der Waals surface area contributed by atoms with Crippen LogP contribution < -0.4 is 15.5 Å². The molecule has 0 saturated heterocycles. The Hall–Kier alpha value is -2.56. The van der Waals surface area contributed by atoms with E-state index in [4.69, 9.17) is 9.15 Å². The van der Waals surface area contributed by atoms with E-state index in [2.05, 4.69) is 0 Å². The lowest BCUT2D eigenvalue weighted by Gasteiger charge is -2.13. The van der Waals surface area contributed by atoms with Crippen molar-refractivity contribution < 1.29 is 19.1 Å². The molecule has 2 rings (SSSR count). The number of carboxylic acid groups (broad SMARTS) is 1. The van der Waals surface area contributed by atoms with E-state index in [0.717, 1.165) is 22.1 Å². The number of hydrogen-bond acceptors (Lipinski definition) is 5. The molecule has 0 fully saturated rings. The maximum absolute atomic E-state index is 12.2. The van der Waals surface area contributed by atoms with Gasteiger partial charge in [0.15, 0.2) is 0 Å². The number of carbonyl (C=O) groups is 1. The van der Waals surface area contributed by atoms with Crippen LogP contribution in [0.25, 0.3) is 11.0 Å². The van der Waals surface area contributed by atoms with E-state index in [-0.39, 0.29) is 12.8 Å². The molecule has 0 saturated carbocycles. The van der Waals surface area contributed by atoms with Crippen LogP contribution in [0.2, 0.25) is 0 Å².